The molecule has 1 aromatic rings. The van der Waals surface area contributed by atoms with Gasteiger partial charge in [-0.2, -0.15) is 0 Å². The van der Waals surface area contributed by atoms with Crippen LogP contribution in [-0.2, 0) is 6.42 Å². The third-order valence-electron chi connectivity index (χ3n) is 3.85. The largest absolute Gasteiger partial charge is 0.320 e. The van der Waals surface area contributed by atoms with Crippen molar-refractivity contribution >= 4 is 0 Å². The van der Waals surface area contributed by atoms with Gasteiger partial charge in [0, 0.05) is 0 Å². The van der Waals surface area contributed by atoms with Crippen molar-refractivity contribution in [2.24, 2.45) is 0 Å². The molecule has 0 fully saturated rings. The minimum Gasteiger partial charge on any atom is -0.320 e. The molecule has 0 aliphatic heterocycles. The Morgan fingerprint density at radius 3 is 2.06 bits per heavy atom. The highest BCUT2D eigenvalue weighted by Crippen LogP contribution is 2.21. The predicted octanol–water partition coefficient (Wildman–Crippen LogP) is 2.66. The molecule has 0 saturated carbocycles. The van der Waals surface area contributed by atoms with Crippen LogP contribution < -0.4 is 10.6 Å². The maximum Gasteiger partial charge on any atom is -0.000814 e. The summed E-state index contributed by atoms with van der Waals surface area (Å²) in [6.07, 6.45) is 2.33. The van der Waals surface area contributed by atoms with E-state index in [1.807, 2.05) is 7.05 Å². The first-order valence-corrected chi connectivity index (χ1v) is 6.99. The highest BCUT2D eigenvalue weighted by atomic mass is 14.9. The van der Waals surface area contributed by atoms with Gasteiger partial charge in [0.25, 0.3) is 0 Å². The molecule has 0 unspecified atom stereocenters. The lowest BCUT2D eigenvalue weighted by atomic mass is 9.92. The van der Waals surface area contributed by atoms with Gasteiger partial charge in [-0.3, -0.25) is 0 Å². The van der Waals surface area contributed by atoms with Gasteiger partial charge < -0.3 is 10.6 Å². The van der Waals surface area contributed by atoms with Gasteiger partial charge in [0.1, 0.15) is 0 Å². The average Bonchev–Trinajstić information content (AvgIpc) is 2.35. The number of hydrogen-bond donors (Lipinski definition) is 2. The molecular formula is C16H28N2. The molecule has 0 atom stereocenters. The Morgan fingerprint density at radius 1 is 0.889 bits per heavy atom. The van der Waals surface area contributed by atoms with Crippen LogP contribution >= 0.6 is 0 Å². The zero-order valence-corrected chi connectivity index (χ0v) is 12.6. The second-order valence-electron chi connectivity index (χ2n) is 5.20. The van der Waals surface area contributed by atoms with E-state index in [4.69, 9.17) is 0 Å². The molecule has 1 rings (SSSR count). The van der Waals surface area contributed by atoms with Crippen LogP contribution in [0.15, 0.2) is 6.07 Å². The summed E-state index contributed by atoms with van der Waals surface area (Å²) in [5.74, 6) is 0. The molecule has 0 aliphatic rings. The second kappa shape index (κ2) is 7.55. The Labute approximate surface area is 112 Å². The first kappa shape index (κ1) is 15.2. The zero-order valence-electron chi connectivity index (χ0n) is 12.6. The Kier molecular flexibility index (Phi) is 6.37. The van der Waals surface area contributed by atoms with E-state index in [9.17, 15) is 0 Å². The van der Waals surface area contributed by atoms with E-state index >= 15 is 0 Å². The molecule has 2 heteroatoms. The normalized spacial score (nSPS) is 10.9. The van der Waals surface area contributed by atoms with Crippen LogP contribution in [0.2, 0.25) is 0 Å². The van der Waals surface area contributed by atoms with Crippen molar-refractivity contribution in [3.63, 3.8) is 0 Å². The summed E-state index contributed by atoms with van der Waals surface area (Å²) in [4.78, 5) is 0. The predicted molar refractivity (Wildman–Crippen MR) is 80.5 cm³/mol. The van der Waals surface area contributed by atoms with Gasteiger partial charge in [0.15, 0.2) is 0 Å². The smallest absolute Gasteiger partial charge is 0.000814 e. The molecule has 2 N–H and O–H groups in total. The number of aryl methyl sites for hydroxylation is 2. The summed E-state index contributed by atoms with van der Waals surface area (Å²) in [6, 6.07) is 2.30. The van der Waals surface area contributed by atoms with Crippen molar-refractivity contribution in [1.29, 1.82) is 0 Å². The monoisotopic (exact) mass is 248 g/mol. The number of benzene rings is 1. The number of hydrogen-bond acceptors (Lipinski definition) is 2. The molecule has 0 saturated heterocycles. The van der Waals surface area contributed by atoms with E-state index in [0.29, 0.717) is 0 Å². The Morgan fingerprint density at radius 2 is 1.50 bits per heavy atom. The van der Waals surface area contributed by atoms with Crippen LogP contribution in [0.4, 0.5) is 0 Å². The molecule has 0 spiro atoms. The lowest BCUT2D eigenvalue weighted by Gasteiger charge is -2.15. The minimum atomic E-state index is 1.08. The molecule has 1 aromatic carbocycles. The molecule has 0 aromatic heterocycles. The van der Waals surface area contributed by atoms with Crippen LogP contribution in [0.3, 0.4) is 0 Å². The van der Waals surface area contributed by atoms with Gasteiger partial charge in [-0.25, -0.2) is 0 Å². The Bertz CT molecular complexity index is 357. The van der Waals surface area contributed by atoms with Crippen LogP contribution in [0.1, 0.15) is 34.2 Å². The summed E-state index contributed by atoms with van der Waals surface area (Å²) in [5, 5.41) is 6.69. The molecule has 0 amide bonds. The maximum atomic E-state index is 3.52. The fourth-order valence-electron chi connectivity index (χ4n) is 2.40. The minimum absolute atomic E-state index is 1.08. The van der Waals surface area contributed by atoms with Gasteiger partial charge in [0.05, 0.1) is 0 Å². The Balaban J connectivity index is 2.52. The van der Waals surface area contributed by atoms with Crippen LogP contribution in [-0.4, -0.2) is 26.7 Å². The molecule has 0 heterocycles. The average molecular weight is 248 g/mol. The summed E-state index contributed by atoms with van der Waals surface area (Å²) in [6.45, 7) is 12.2. The summed E-state index contributed by atoms with van der Waals surface area (Å²) in [7, 11) is 2.00. The summed E-state index contributed by atoms with van der Waals surface area (Å²) >= 11 is 0. The van der Waals surface area contributed by atoms with Crippen molar-refractivity contribution in [2.75, 3.05) is 26.7 Å². The van der Waals surface area contributed by atoms with E-state index in [2.05, 4.69) is 44.4 Å². The van der Waals surface area contributed by atoms with Gasteiger partial charge in [0.2, 0.25) is 0 Å². The fraction of sp³-hybridized carbons (Fsp3) is 0.625. The second-order valence-corrected chi connectivity index (χ2v) is 5.20. The first-order valence-electron chi connectivity index (χ1n) is 6.99. The summed E-state index contributed by atoms with van der Waals surface area (Å²) in [5.41, 5.74) is 7.31. The molecule has 0 bridgehead atoms. The van der Waals surface area contributed by atoms with E-state index in [1.54, 1.807) is 0 Å². The number of nitrogens with one attached hydrogen (secondary N) is 2. The lowest BCUT2D eigenvalue weighted by molar-refractivity contribution is 0.623. The quantitative estimate of drug-likeness (QED) is 0.725. The van der Waals surface area contributed by atoms with E-state index in [1.165, 1.54) is 34.2 Å². The highest BCUT2D eigenvalue weighted by molar-refractivity contribution is 5.44. The topological polar surface area (TPSA) is 24.1 Å². The molecule has 2 nitrogen and oxygen atoms in total. The van der Waals surface area contributed by atoms with Crippen molar-refractivity contribution in [1.82, 2.24) is 10.6 Å². The van der Waals surface area contributed by atoms with E-state index in [-0.39, 0.29) is 0 Å². The third kappa shape index (κ3) is 4.11. The zero-order chi connectivity index (χ0) is 13.5. The molecular weight excluding hydrogens is 220 g/mol. The third-order valence-corrected chi connectivity index (χ3v) is 3.85. The van der Waals surface area contributed by atoms with Crippen LogP contribution in [0.5, 0.6) is 0 Å². The summed E-state index contributed by atoms with van der Waals surface area (Å²) < 4.78 is 0. The van der Waals surface area contributed by atoms with E-state index < -0.39 is 0 Å². The van der Waals surface area contributed by atoms with Gasteiger partial charge >= 0.3 is 0 Å². The van der Waals surface area contributed by atoms with E-state index in [0.717, 1.165) is 26.1 Å². The molecule has 0 aliphatic carbocycles. The standard InChI is InChI=1S/C16H28N2/c1-12-11-13(2)15(4)16(14(12)3)7-10-18-9-6-8-17-5/h11,17-18H,6-10H2,1-5H3. The van der Waals surface area contributed by atoms with Gasteiger partial charge in [-0.1, -0.05) is 6.07 Å². The maximum absolute atomic E-state index is 3.52. The first-order chi connectivity index (χ1) is 8.57. The van der Waals surface area contributed by atoms with Gasteiger partial charge in [-0.05, 0) is 95.0 Å². The molecule has 0 radical (unpaired) electrons. The molecule has 102 valence electrons. The lowest BCUT2D eigenvalue weighted by Crippen LogP contribution is -2.22. The highest BCUT2D eigenvalue weighted by Gasteiger charge is 2.07. The SMILES string of the molecule is CNCCCNCCc1c(C)c(C)cc(C)c1C. The molecule has 18 heavy (non-hydrogen) atoms. The van der Waals surface area contributed by atoms with Crippen molar-refractivity contribution < 1.29 is 0 Å². The van der Waals surface area contributed by atoms with Crippen LogP contribution in [0.25, 0.3) is 0 Å². The fourth-order valence-corrected chi connectivity index (χ4v) is 2.40. The Hall–Kier alpha value is -0.860. The van der Waals surface area contributed by atoms with Gasteiger partial charge in [-0.15, -0.1) is 0 Å². The van der Waals surface area contributed by atoms with Crippen molar-refractivity contribution in [2.45, 2.75) is 40.5 Å². The van der Waals surface area contributed by atoms with Crippen molar-refractivity contribution in [3.05, 3.63) is 33.9 Å². The van der Waals surface area contributed by atoms with Crippen LogP contribution in [0, 0.1) is 27.7 Å². The number of rotatable bonds is 7. The van der Waals surface area contributed by atoms with Crippen molar-refractivity contribution in [3.8, 4) is 0 Å².